The molecule has 0 aliphatic heterocycles. The summed E-state index contributed by atoms with van der Waals surface area (Å²) in [5.74, 6) is 0.755. The summed E-state index contributed by atoms with van der Waals surface area (Å²) in [7, 11) is 0. The fraction of sp³-hybridized carbons (Fsp3) is 0.0667. The zero-order valence-corrected chi connectivity index (χ0v) is 11.5. The van der Waals surface area contributed by atoms with Crippen molar-refractivity contribution in [1.82, 2.24) is 9.97 Å². The van der Waals surface area contributed by atoms with Gasteiger partial charge in [0.2, 0.25) is 0 Å². The van der Waals surface area contributed by atoms with E-state index < -0.39 is 0 Å². The lowest BCUT2D eigenvalue weighted by atomic mass is 10.1. The highest BCUT2D eigenvalue weighted by Crippen LogP contribution is 2.31. The summed E-state index contributed by atoms with van der Waals surface area (Å²) in [4.78, 5) is 8.46. The number of benzene rings is 2. The van der Waals surface area contributed by atoms with E-state index in [1.165, 1.54) is 6.33 Å². The molecule has 0 fully saturated rings. The minimum Gasteiger partial charge on any atom is -0.506 e. The summed E-state index contributed by atoms with van der Waals surface area (Å²) in [6.45, 7) is 2.01. The molecule has 0 unspecified atom stereocenters. The number of nitrogens with one attached hydrogen (secondary N) is 1. The smallest absolute Gasteiger partial charge is 0.141 e. The Labute approximate surface area is 121 Å². The quantitative estimate of drug-likeness (QED) is 0.698. The number of fused-ring (bicyclic) bond motifs is 1. The fourth-order valence-electron chi connectivity index (χ4n) is 2.01. The van der Waals surface area contributed by atoms with Crippen LogP contribution in [-0.4, -0.2) is 15.1 Å². The first-order chi connectivity index (χ1) is 9.63. The number of hydrogen-bond acceptors (Lipinski definition) is 4. The first kappa shape index (κ1) is 12.7. The topological polar surface area (TPSA) is 58.0 Å². The van der Waals surface area contributed by atoms with Gasteiger partial charge in [0.05, 0.1) is 11.2 Å². The summed E-state index contributed by atoms with van der Waals surface area (Å²) in [5.41, 5.74) is 2.47. The normalized spacial score (nSPS) is 10.7. The third kappa shape index (κ3) is 2.38. The molecule has 5 heteroatoms. The van der Waals surface area contributed by atoms with E-state index >= 15 is 0 Å². The Morgan fingerprint density at radius 3 is 2.80 bits per heavy atom. The molecule has 2 aromatic carbocycles. The zero-order chi connectivity index (χ0) is 14.1. The molecule has 4 nitrogen and oxygen atoms in total. The van der Waals surface area contributed by atoms with E-state index in [0.717, 1.165) is 16.5 Å². The average molecular weight is 286 g/mol. The molecule has 3 rings (SSSR count). The molecule has 0 saturated carbocycles. The van der Waals surface area contributed by atoms with Gasteiger partial charge in [-0.1, -0.05) is 23.2 Å². The summed E-state index contributed by atoms with van der Waals surface area (Å²) >= 11 is 5.94. The lowest BCUT2D eigenvalue weighted by Crippen LogP contribution is -1.96. The van der Waals surface area contributed by atoms with Crippen molar-refractivity contribution in [3.8, 4) is 5.75 Å². The van der Waals surface area contributed by atoms with Crippen LogP contribution in [0.2, 0.25) is 5.02 Å². The van der Waals surface area contributed by atoms with Gasteiger partial charge in [0.1, 0.15) is 17.9 Å². The number of phenols is 1. The summed E-state index contributed by atoms with van der Waals surface area (Å²) < 4.78 is 0. The van der Waals surface area contributed by atoms with Gasteiger partial charge in [-0.3, -0.25) is 0 Å². The number of nitrogens with zero attached hydrogens (tertiary/aromatic N) is 2. The third-order valence-corrected chi connectivity index (χ3v) is 3.24. The van der Waals surface area contributed by atoms with Gasteiger partial charge in [-0.25, -0.2) is 9.97 Å². The molecule has 0 bridgehead atoms. The molecule has 3 aromatic rings. The molecule has 20 heavy (non-hydrogen) atoms. The van der Waals surface area contributed by atoms with Crippen molar-refractivity contribution in [2.75, 3.05) is 5.32 Å². The van der Waals surface area contributed by atoms with Crippen molar-refractivity contribution in [3.05, 3.63) is 53.3 Å². The van der Waals surface area contributed by atoms with Crippen LogP contribution in [0.5, 0.6) is 5.75 Å². The van der Waals surface area contributed by atoms with Crippen LogP contribution in [0, 0.1) is 6.92 Å². The van der Waals surface area contributed by atoms with E-state index in [-0.39, 0.29) is 5.75 Å². The van der Waals surface area contributed by atoms with E-state index in [1.807, 2.05) is 25.1 Å². The largest absolute Gasteiger partial charge is 0.506 e. The van der Waals surface area contributed by atoms with Crippen molar-refractivity contribution in [3.63, 3.8) is 0 Å². The van der Waals surface area contributed by atoms with Gasteiger partial charge in [0.25, 0.3) is 0 Å². The van der Waals surface area contributed by atoms with Crippen LogP contribution < -0.4 is 5.32 Å². The number of hydrogen-bond donors (Lipinski definition) is 2. The second-order valence-corrected chi connectivity index (χ2v) is 4.97. The van der Waals surface area contributed by atoms with Gasteiger partial charge >= 0.3 is 0 Å². The molecule has 100 valence electrons. The zero-order valence-electron chi connectivity index (χ0n) is 10.8. The van der Waals surface area contributed by atoms with Gasteiger partial charge < -0.3 is 10.4 Å². The summed E-state index contributed by atoms with van der Waals surface area (Å²) in [6, 6.07) is 10.8. The maximum atomic E-state index is 9.86. The van der Waals surface area contributed by atoms with Gasteiger partial charge in [-0.15, -0.1) is 0 Å². The first-order valence-electron chi connectivity index (χ1n) is 6.10. The number of anilines is 2. The number of phenolic OH excluding ortho intramolecular Hbond substituents is 1. The maximum Gasteiger partial charge on any atom is 0.141 e. The minimum atomic E-state index is 0.119. The number of halogens is 1. The maximum absolute atomic E-state index is 9.86. The monoisotopic (exact) mass is 285 g/mol. The van der Waals surface area contributed by atoms with Crippen molar-refractivity contribution in [2.24, 2.45) is 0 Å². The molecule has 1 heterocycles. The Bertz CT molecular complexity index is 789. The molecule has 0 amide bonds. The fourth-order valence-corrected chi connectivity index (χ4v) is 2.18. The number of aryl methyl sites for hydroxylation is 1. The molecule has 0 radical (unpaired) electrons. The number of aromatic hydroxyl groups is 1. The molecular weight excluding hydrogens is 274 g/mol. The molecular formula is C15H12ClN3O. The van der Waals surface area contributed by atoms with E-state index in [0.29, 0.717) is 16.5 Å². The predicted molar refractivity (Wildman–Crippen MR) is 80.7 cm³/mol. The molecule has 1 aromatic heterocycles. The van der Waals surface area contributed by atoms with Crippen LogP contribution in [-0.2, 0) is 0 Å². The number of rotatable bonds is 2. The van der Waals surface area contributed by atoms with E-state index in [4.69, 9.17) is 11.6 Å². The van der Waals surface area contributed by atoms with Crippen LogP contribution in [0.1, 0.15) is 5.56 Å². The highest BCUT2D eigenvalue weighted by atomic mass is 35.5. The van der Waals surface area contributed by atoms with Gasteiger partial charge in [0, 0.05) is 10.4 Å². The Hall–Kier alpha value is -2.33. The van der Waals surface area contributed by atoms with Gasteiger partial charge in [0.15, 0.2) is 0 Å². The highest BCUT2D eigenvalue weighted by Gasteiger charge is 2.07. The highest BCUT2D eigenvalue weighted by molar-refractivity contribution is 6.31. The molecule has 2 N–H and O–H groups in total. The number of aromatic nitrogens is 2. The average Bonchev–Trinajstić information content (AvgIpc) is 2.43. The standard InChI is InChI=1S/C15H12ClN3O/c1-9-2-4-12-11(6-9)15(18-8-17-12)19-13-7-10(16)3-5-14(13)20/h2-8,20H,1H3,(H,17,18,19). The minimum absolute atomic E-state index is 0.119. The van der Waals surface area contributed by atoms with E-state index in [2.05, 4.69) is 15.3 Å². The lowest BCUT2D eigenvalue weighted by Gasteiger charge is -2.10. The van der Waals surface area contributed by atoms with Crippen LogP contribution >= 0.6 is 11.6 Å². The van der Waals surface area contributed by atoms with Crippen molar-refractivity contribution < 1.29 is 5.11 Å². The van der Waals surface area contributed by atoms with Crippen LogP contribution in [0.15, 0.2) is 42.7 Å². The summed E-state index contributed by atoms with van der Waals surface area (Å²) in [5, 5.41) is 14.4. The van der Waals surface area contributed by atoms with Crippen LogP contribution in [0.4, 0.5) is 11.5 Å². The molecule has 0 saturated heterocycles. The van der Waals surface area contributed by atoms with E-state index in [1.54, 1.807) is 18.2 Å². The second-order valence-electron chi connectivity index (χ2n) is 4.53. The third-order valence-electron chi connectivity index (χ3n) is 3.00. The van der Waals surface area contributed by atoms with Gasteiger partial charge in [-0.05, 0) is 37.3 Å². The van der Waals surface area contributed by atoms with Gasteiger partial charge in [-0.2, -0.15) is 0 Å². The van der Waals surface area contributed by atoms with Crippen molar-refractivity contribution in [1.29, 1.82) is 0 Å². The van der Waals surface area contributed by atoms with E-state index in [9.17, 15) is 5.11 Å². The lowest BCUT2D eigenvalue weighted by molar-refractivity contribution is 0.478. The van der Waals surface area contributed by atoms with Crippen molar-refractivity contribution >= 4 is 34.0 Å². The van der Waals surface area contributed by atoms with Crippen LogP contribution in [0.3, 0.4) is 0 Å². The molecule has 0 aliphatic rings. The molecule has 0 spiro atoms. The SMILES string of the molecule is Cc1ccc2ncnc(Nc3cc(Cl)ccc3O)c2c1. The predicted octanol–water partition coefficient (Wildman–Crippen LogP) is 4.04. The molecule has 0 atom stereocenters. The Kier molecular flexibility index (Phi) is 3.16. The Balaban J connectivity index is 2.10. The first-order valence-corrected chi connectivity index (χ1v) is 6.48. The Morgan fingerprint density at radius 1 is 1.10 bits per heavy atom. The van der Waals surface area contributed by atoms with Crippen molar-refractivity contribution in [2.45, 2.75) is 6.92 Å². The van der Waals surface area contributed by atoms with Crippen LogP contribution in [0.25, 0.3) is 10.9 Å². The molecule has 0 aliphatic carbocycles. The second kappa shape index (κ2) is 4.98. The Morgan fingerprint density at radius 2 is 1.95 bits per heavy atom. The summed E-state index contributed by atoms with van der Waals surface area (Å²) in [6.07, 6.45) is 1.49.